The highest BCUT2D eigenvalue weighted by molar-refractivity contribution is 7.15. The molecule has 7 nitrogen and oxygen atoms in total. The lowest BCUT2D eigenvalue weighted by atomic mass is 9.97. The van der Waals surface area contributed by atoms with E-state index in [4.69, 9.17) is 25.9 Å². The fourth-order valence-corrected chi connectivity index (χ4v) is 5.26. The van der Waals surface area contributed by atoms with Gasteiger partial charge >= 0.3 is 0 Å². The lowest BCUT2D eigenvalue weighted by Gasteiger charge is -2.24. The molecule has 1 fully saturated rings. The maximum atomic E-state index is 9.73. The molecule has 2 heterocycles. The second-order valence-electron chi connectivity index (χ2n) is 8.72. The molecule has 3 N–H and O–H groups in total. The first-order valence-electron chi connectivity index (χ1n) is 11.5. The summed E-state index contributed by atoms with van der Waals surface area (Å²) in [5, 5.41) is 14.6. The molecule has 1 aliphatic heterocycles. The van der Waals surface area contributed by atoms with E-state index < -0.39 is 0 Å². The Morgan fingerprint density at radius 3 is 2.79 bits per heavy atom. The van der Waals surface area contributed by atoms with Gasteiger partial charge in [0.15, 0.2) is 11.5 Å². The van der Waals surface area contributed by atoms with Crippen molar-refractivity contribution >= 4 is 28.1 Å². The number of fused-ring (bicyclic) bond motifs is 1. The van der Waals surface area contributed by atoms with Gasteiger partial charge in [0.25, 0.3) is 0 Å². The topological polar surface area (TPSA) is 84.9 Å². The summed E-state index contributed by atoms with van der Waals surface area (Å²) in [6, 6.07) is 13.6. The number of aromatic nitrogens is 1. The van der Waals surface area contributed by atoms with Crippen molar-refractivity contribution in [1.29, 1.82) is 0 Å². The van der Waals surface area contributed by atoms with Crippen LogP contribution >= 0.6 is 22.9 Å². The number of benzene rings is 2. The molecule has 1 aromatic heterocycles. The van der Waals surface area contributed by atoms with Gasteiger partial charge in [0, 0.05) is 27.6 Å². The van der Waals surface area contributed by atoms with Crippen LogP contribution in [0, 0.1) is 0 Å². The Balaban J connectivity index is 1.26. The number of thiazole rings is 1. The second kappa shape index (κ2) is 10.1. The van der Waals surface area contributed by atoms with Gasteiger partial charge in [0.2, 0.25) is 11.9 Å². The number of aliphatic hydroxyl groups is 1. The Morgan fingerprint density at radius 2 is 2.03 bits per heavy atom. The average molecular weight is 502 g/mol. The molecule has 0 bridgehead atoms. The van der Waals surface area contributed by atoms with Crippen LogP contribution in [-0.2, 0) is 10.3 Å². The molecule has 34 heavy (non-hydrogen) atoms. The van der Waals surface area contributed by atoms with Gasteiger partial charge in [-0.15, -0.1) is 0 Å². The number of nitrogens with one attached hydrogen (secondary N) is 2. The number of nitrogens with zero attached hydrogens (tertiary/aromatic N) is 1. The van der Waals surface area contributed by atoms with E-state index in [2.05, 4.69) is 27.9 Å². The van der Waals surface area contributed by atoms with Crippen molar-refractivity contribution in [2.45, 2.75) is 43.7 Å². The summed E-state index contributed by atoms with van der Waals surface area (Å²) in [4.78, 5) is 11.4. The standard InChI is InChI=1S/C25H28ClN3O4S/c1-2-17(13-30)28-23(18-5-3-4-6-19(18)26)22-12-27-24(34-22)29-33-14-25(9-10-25)16-7-8-20-21(11-16)32-15-31-20/h3-8,11-12,17,23,28,30H,2,9-10,13-15H2,1H3,(H,27,29). The zero-order valence-electron chi connectivity index (χ0n) is 18.9. The number of ether oxygens (including phenoxy) is 2. The Labute approximate surface area is 208 Å². The normalized spacial score (nSPS) is 17.4. The summed E-state index contributed by atoms with van der Waals surface area (Å²) in [6.45, 7) is 2.90. The van der Waals surface area contributed by atoms with Crippen molar-refractivity contribution in [2.75, 3.05) is 25.5 Å². The van der Waals surface area contributed by atoms with E-state index in [0.29, 0.717) is 16.8 Å². The molecular weight excluding hydrogens is 474 g/mol. The van der Waals surface area contributed by atoms with E-state index in [0.717, 1.165) is 41.2 Å². The van der Waals surface area contributed by atoms with Crippen LogP contribution in [0.25, 0.3) is 0 Å². The van der Waals surface area contributed by atoms with Gasteiger partial charge in [-0.1, -0.05) is 54.1 Å². The molecule has 1 saturated carbocycles. The van der Waals surface area contributed by atoms with Gasteiger partial charge in [0.05, 0.1) is 19.3 Å². The number of hydrogen-bond donors (Lipinski definition) is 3. The molecule has 2 atom stereocenters. The first kappa shape index (κ1) is 23.4. The largest absolute Gasteiger partial charge is 0.454 e. The van der Waals surface area contributed by atoms with Crippen molar-refractivity contribution in [2.24, 2.45) is 0 Å². The summed E-state index contributed by atoms with van der Waals surface area (Å²) in [5.41, 5.74) is 5.17. The van der Waals surface area contributed by atoms with Crippen LogP contribution < -0.4 is 20.3 Å². The number of halogens is 1. The first-order valence-corrected chi connectivity index (χ1v) is 12.7. The smallest absolute Gasteiger partial charge is 0.231 e. The second-order valence-corrected chi connectivity index (χ2v) is 10.2. The highest BCUT2D eigenvalue weighted by Gasteiger charge is 2.45. The van der Waals surface area contributed by atoms with E-state index in [1.165, 1.54) is 16.9 Å². The summed E-state index contributed by atoms with van der Waals surface area (Å²) in [7, 11) is 0. The molecule has 2 aliphatic rings. The molecule has 0 amide bonds. The van der Waals surface area contributed by atoms with E-state index in [1.54, 1.807) is 0 Å². The zero-order valence-corrected chi connectivity index (χ0v) is 20.5. The fourth-order valence-electron chi connectivity index (χ4n) is 4.17. The van der Waals surface area contributed by atoms with Crippen LogP contribution in [0.3, 0.4) is 0 Å². The van der Waals surface area contributed by atoms with Gasteiger partial charge in [-0.3, -0.25) is 4.84 Å². The Morgan fingerprint density at radius 1 is 1.21 bits per heavy atom. The van der Waals surface area contributed by atoms with Crippen LogP contribution in [0.4, 0.5) is 5.13 Å². The quantitative estimate of drug-likeness (QED) is 0.317. The summed E-state index contributed by atoms with van der Waals surface area (Å²) < 4.78 is 11.0. The Hall–Kier alpha value is -2.36. The Bertz CT molecular complexity index is 1130. The average Bonchev–Trinajstić information content (AvgIpc) is 3.26. The van der Waals surface area contributed by atoms with Crippen molar-refractivity contribution in [3.63, 3.8) is 0 Å². The van der Waals surface area contributed by atoms with E-state index in [1.807, 2.05) is 43.5 Å². The first-order chi connectivity index (χ1) is 16.6. The molecular formula is C25H28ClN3O4S. The number of hydrogen-bond acceptors (Lipinski definition) is 8. The molecule has 0 radical (unpaired) electrons. The maximum Gasteiger partial charge on any atom is 0.231 e. The van der Waals surface area contributed by atoms with Crippen LogP contribution in [-0.4, -0.2) is 36.1 Å². The van der Waals surface area contributed by atoms with E-state index >= 15 is 0 Å². The SMILES string of the molecule is CCC(CO)NC(c1cnc(NOCC2(c3ccc4c(c3)OCO4)CC2)s1)c1ccccc1Cl. The van der Waals surface area contributed by atoms with Gasteiger partial charge < -0.3 is 19.9 Å². The van der Waals surface area contributed by atoms with Gasteiger partial charge in [0.1, 0.15) is 0 Å². The molecule has 3 aromatic rings. The van der Waals surface area contributed by atoms with Gasteiger partial charge in [-0.25, -0.2) is 10.5 Å². The van der Waals surface area contributed by atoms with Gasteiger partial charge in [-0.05, 0) is 48.6 Å². The van der Waals surface area contributed by atoms with Crippen molar-refractivity contribution in [3.05, 3.63) is 69.7 Å². The minimum Gasteiger partial charge on any atom is -0.454 e. The van der Waals surface area contributed by atoms with Crippen LogP contribution in [0.2, 0.25) is 5.02 Å². The summed E-state index contributed by atoms with van der Waals surface area (Å²) >= 11 is 8.01. The predicted octanol–water partition coefficient (Wildman–Crippen LogP) is 5.05. The molecule has 180 valence electrons. The lowest BCUT2D eigenvalue weighted by molar-refractivity contribution is 0.166. The summed E-state index contributed by atoms with van der Waals surface area (Å²) in [6.07, 6.45) is 4.75. The third kappa shape index (κ3) is 4.87. The van der Waals surface area contributed by atoms with Crippen LogP contribution in [0.5, 0.6) is 11.5 Å². The Kier molecular flexibility index (Phi) is 6.94. The van der Waals surface area contributed by atoms with Gasteiger partial charge in [-0.2, -0.15) is 0 Å². The minimum absolute atomic E-state index is 0.00873. The van der Waals surface area contributed by atoms with Crippen LogP contribution in [0.1, 0.15) is 48.2 Å². The third-order valence-electron chi connectivity index (χ3n) is 6.49. The number of rotatable bonds is 11. The fraction of sp³-hybridized carbons (Fsp3) is 0.400. The lowest BCUT2D eigenvalue weighted by Crippen LogP contribution is -2.35. The monoisotopic (exact) mass is 501 g/mol. The van der Waals surface area contributed by atoms with Crippen molar-refractivity contribution in [3.8, 4) is 11.5 Å². The van der Waals surface area contributed by atoms with E-state index in [9.17, 15) is 5.11 Å². The highest BCUT2D eigenvalue weighted by Crippen LogP contribution is 2.50. The molecule has 5 rings (SSSR count). The number of aliphatic hydroxyl groups excluding tert-OH is 1. The molecule has 0 spiro atoms. The highest BCUT2D eigenvalue weighted by atomic mass is 35.5. The van der Waals surface area contributed by atoms with Crippen molar-refractivity contribution in [1.82, 2.24) is 10.3 Å². The molecule has 2 unspecified atom stereocenters. The molecule has 2 aromatic carbocycles. The molecule has 9 heteroatoms. The van der Waals surface area contributed by atoms with Crippen LogP contribution in [0.15, 0.2) is 48.7 Å². The number of anilines is 1. The maximum absolute atomic E-state index is 9.73. The summed E-state index contributed by atoms with van der Waals surface area (Å²) in [5.74, 6) is 1.59. The van der Waals surface area contributed by atoms with E-state index in [-0.39, 0.29) is 30.9 Å². The minimum atomic E-state index is -0.178. The van der Waals surface area contributed by atoms with Crippen molar-refractivity contribution < 1.29 is 19.4 Å². The molecule has 0 saturated heterocycles. The zero-order chi connectivity index (χ0) is 23.5. The molecule has 1 aliphatic carbocycles. The predicted molar refractivity (Wildman–Crippen MR) is 133 cm³/mol. The third-order valence-corrected chi connectivity index (χ3v) is 7.79.